The van der Waals surface area contributed by atoms with Gasteiger partial charge < -0.3 is 46.3 Å². The average molecular weight is 726 g/mol. The van der Waals surface area contributed by atoms with E-state index in [0.29, 0.717) is 83.9 Å². The highest BCUT2D eigenvalue weighted by molar-refractivity contribution is 6.02. The van der Waals surface area contributed by atoms with Crippen LogP contribution in [0.25, 0.3) is 90.9 Å². The van der Waals surface area contributed by atoms with E-state index in [1.54, 1.807) is 30.3 Å². The Morgan fingerprint density at radius 1 is 0.436 bits per heavy atom. The molecule has 268 valence electrons. The maximum atomic E-state index is 10.7. The van der Waals surface area contributed by atoms with E-state index in [0.717, 1.165) is 11.1 Å². The van der Waals surface area contributed by atoms with Crippen molar-refractivity contribution >= 4 is 52.1 Å². The van der Waals surface area contributed by atoms with Crippen LogP contribution in [-0.2, 0) is 0 Å². The molecule has 4 aromatic carbocycles. The van der Waals surface area contributed by atoms with Gasteiger partial charge in [0.25, 0.3) is 0 Å². The maximum Gasteiger partial charge on any atom is 0.119 e. The fourth-order valence-corrected chi connectivity index (χ4v) is 7.29. The van der Waals surface area contributed by atoms with Crippen molar-refractivity contribution in [3.8, 4) is 79.0 Å². The fourth-order valence-electron chi connectivity index (χ4n) is 7.29. The molecule has 9 rings (SSSR count). The molecule has 11 nitrogen and oxygen atoms in total. The van der Waals surface area contributed by atoms with E-state index in [9.17, 15) is 30.6 Å². The van der Waals surface area contributed by atoms with Crippen molar-refractivity contribution in [2.24, 2.45) is 0 Å². The molecule has 0 fully saturated rings. The number of benzene rings is 4. The molecule has 0 amide bonds. The van der Waals surface area contributed by atoms with E-state index < -0.39 is 0 Å². The first-order valence-corrected chi connectivity index (χ1v) is 17.2. The van der Waals surface area contributed by atoms with Crippen molar-refractivity contribution in [3.05, 3.63) is 126 Å². The lowest BCUT2D eigenvalue weighted by Gasteiger charge is -2.09. The highest BCUT2D eigenvalue weighted by Crippen LogP contribution is 2.42. The molecular weight excluding hydrogens is 695 g/mol. The summed E-state index contributed by atoms with van der Waals surface area (Å²) >= 11 is 0. The number of hydrogen-bond acceptors (Lipinski definition) is 9. The third-order valence-electron chi connectivity index (χ3n) is 9.46. The summed E-state index contributed by atoms with van der Waals surface area (Å²) in [5.41, 5.74) is 16.1. The Bertz CT molecular complexity index is 2920. The number of hydrogen-bond donors (Lipinski definition) is 9. The summed E-state index contributed by atoms with van der Waals surface area (Å²) in [6.45, 7) is 0. The molecule has 0 radical (unpaired) electrons. The van der Waals surface area contributed by atoms with Crippen LogP contribution in [0.15, 0.2) is 103 Å². The van der Waals surface area contributed by atoms with Crippen molar-refractivity contribution in [2.45, 2.75) is 0 Å². The van der Waals surface area contributed by atoms with Crippen LogP contribution in [0.3, 0.4) is 0 Å². The van der Waals surface area contributed by atoms with Gasteiger partial charge in [-0.05, 0) is 119 Å². The lowest BCUT2D eigenvalue weighted by Crippen LogP contribution is -1.90. The van der Waals surface area contributed by atoms with Crippen LogP contribution in [0.2, 0.25) is 0 Å². The van der Waals surface area contributed by atoms with Gasteiger partial charge in [-0.1, -0.05) is 12.1 Å². The summed E-state index contributed by atoms with van der Waals surface area (Å²) in [5.74, 6) is -0.867. The van der Waals surface area contributed by atoms with E-state index in [1.165, 1.54) is 30.3 Å². The number of nitrogens with zero attached hydrogens (tertiary/aromatic N) is 2. The smallest absolute Gasteiger partial charge is 0.119 e. The zero-order valence-electron chi connectivity index (χ0n) is 28.8. The molecule has 3 aromatic heterocycles. The van der Waals surface area contributed by atoms with Gasteiger partial charge in [0.15, 0.2) is 0 Å². The lowest BCUT2D eigenvalue weighted by molar-refractivity contribution is 0.450. The van der Waals surface area contributed by atoms with E-state index in [-0.39, 0.29) is 34.5 Å². The van der Waals surface area contributed by atoms with Gasteiger partial charge in [-0.2, -0.15) is 0 Å². The van der Waals surface area contributed by atoms with E-state index >= 15 is 0 Å². The second-order valence-electron chi connectivity index (χ2n) is 13.4. The van der Waals surface area contributed by atoms with Crippen LogP contribution >= 0.6 is 0 Å². The first kappa shape index (κ1) is 33.0. The summed E-state index contributed by atoms with van der Waals surface area (Å²) in [6.07, 6.45) is 7.34. The minimum Gasteiger partial charge on any atom is -0.508 e. The van der Waals surface area contributed by atoms with Crippen molar-refractivity contribution < 1.29 is 30.6 Å². The first-order chi connectivity index (χ1) is 26.5. The van der Waals surface area contributed by atoms with Gasteiger partial charge in [-0.15, -0.1) is 0 Å². The molecule has 2 aliphatic heterocycles. The van der Waals surface area contributed by atoms with Crippen LogP contribution in [0, 0.1) is 0 Å². The molecule has 7 aromatic rings. The molecule has 5 heterocycles. The Hall–Kier alpha value is -7.92. The molecule has 0 aliphatic carbocycles. The Morgan fingerprint density at radius 2 is 0.927 bits per heavy atom. The van der Waals surface area contributed by atoms with Gasteiger partial charge in [0.1, 0.15) is 34.5 Å². The number of aromatic amines is 2. The summed E-state index contributed by atoms with van der Waals surface area (Å²) in [4.78, 5) is 17.2. The Balaban J connectivity index is 1.50. The van der Waals surface area contributed by atoms with Crippen LogP contribution in [0.5, 0.6) is 34.5 Å². The van der Waals surface area contributed by atoms with E-state index in [1.807, 2.05) is 66.8 Å². The molecule has 10 N–H and O–H groups in total. The third kappa shape index (κ3) is 6.11. The number of fused-ring (bicyclic) bond motifs is 8. The van der Waals surface area contributed by atoms with Gasteiger partial charge in [-0.25, -0.2) is 9.97 Å². The normalized spacial score (nSPS) is 12.0. The number of rotatable bonds is 4. The number of H-pyrrole nitrogens is 2. The summed E-state index contributed by atoms with van der Waals surface area (Å²) in [7, 11) is 0. The molecule has 55 heavy (non-hydrogen) atoms. The molecule has 2 aliphatic rings. The Morgan fingerprint density at radius 3 is 1.47 bits per heavy atom. The number of phenols is 6. The predicted octanol–water partition coefficient (Wildman–Crippen LogP) is 9.14. The molecule has 11 heteroatoms. The van der Waals surface area contributed by atoms with Crippen LogP contribution in [0.4, 0.5) is 5.69 Å². The summed E-state index contributed by atoms with van der Waals surface area (Å²) < 4.78 is 0. The number of nitrogens with two attached hydrogens (primary N) is 1. The van der Waals surface area contributed by atoms with Crippen LogP contribution in [0.1, 0.15) is 22.8 Å². The molecule has 8 bridgehead atoms. The summed E-state index contributed by atoms with van der Waals surface area (Å²) in [6, 6.07) is 27.9. The number of phenolic OH excluding ortho intramolecular Hbond substituents is 6. The van der Waals surface area contributed by atoms with Gasteiger partial charge in [-0.3, -0.25) is 0 Å². The number of aromatic hydroxyl groups is 6. The minimum absolute atomic E-state index is 0.129. The standard InChI is InChI=1S/C44H31N5O6/c45-26-3-1-2-22(10-26)35-18-28-17-27-4-5-36(46-27)41(23-11-29(50)19-30(51)12-23)37-6-7-38(48-37)42(24-13-31(52)20-32(53)14-24)39-8-9-40(49-39)43(44(35)47-28)25-15-33(54)21-34(55)16-25/h1-21,47-48,50-55H,45H2. The molecule has 0 saturated heterocycles. The van der Waals surface area contributed by atoms with Gasteiger partial charge >= 0.3 is 0 Å². The van der Waals surface area contributed by atoms with Crippen molar-refractivity contribution in [3.63, 3.8) is 0 Å². The zero-order chi connectivity index (χ0) is 38.0. The predicted molar refractivity (Wildman–Crippen MR) is 215 cm³/mol. The number of nitrogen functional groups attached to an aromatic ring is 1. The van der Waals surface area contributed by atoms with E-state index in [4.69, 9.17) is 15.7 Å². The largest absolute Gasteiger partial charge is 0.508 e. The lowest BCUT2D eigenvalue weighted by atomic mass is 9.98. The zero-order valence-corrected chi connectivity index (χ0v) is 28.8. The molecule has 0 unspecified atom stereocenters. The number of anilines is 1. The molecule has 0 atom stereocenters. The SMILES string of the molecule is Nc1cccc(-c2cc3cc4nc(c(-c5cc(O)cc(O)c5)c5ccc([nH]5)c(-c5cc(O)cc(O)c5)c5nc(c(-c6cc(O)cc(O)c6)c2[nH]3)C=C5)C=C4)c1. The van der Waals surface area contributed by atoms with Crippen molar-refractivity contribution in [2.75, 3.05) is 5.73 Å². The Kier molecular flexibility index (Phi) is 7.57. The van der Waals surface area contributed by atoms with E-state index in [2.05, 4.69) is 9.97 Å². The average Bonchev–Trinajstić information content (AvgIpc) is 3.94. The van der Waals surface area contributed by atoms with Crippen molar-refractivity contribution in [1.82, 2.24) is 19.9 Å². The highest BCUT2D eigenvalue weighted by Gasteiger charge is 2.20. The highest BCUT2D eigenvalue weighted by atomic mass is 16.3. The topological polar surface area (TPSA) is 205 Å². The van der Waals surface area contributed by atoms with Gasteiger partial charge in [0.2, 0.25) is 0 Å². The molecule has 0 saturated carbocycles. The van der Waals surface area contributed by atoms with Crippen LogP contribution < -0.4 is 5.73 Å². The van der Waals surface area contributed by atoms with Gasteiger partial charge in [0, 0.05) is 62.7 Å². The summed E-state index contributed by atoms with van der Waals surface area (Å²) in [5, 5.41) is 63.7. The quantitative estimate of drug-likeness (QED) is 0.0792. The maximum absolute atomic E-state index is 10.7. The second-order valence-corrected chi connectivity index (χ2v) is 13.4. The monoisotopic (exact) mass is 725 g/mol. The minimum atomic E-state index is -0.159. The fraction of sp³-hybridized carbons (Fsp3) is 0. The van der Waals surface area contributed by atoms with Crippen molar-refractivity contribution in [1.29, 1.82) is 0 Å². The van der Waals surface area contributed by atoms with Crippen LogP contribution in [-0.4, -0.2) is 50.6 Å². The van der Waals surface area contributed by atoms with Gasteiger partial charge in [0.05, 0.1) is 28.3 Å². The second kappa shape index (κ2) is 12.6. The third-order valence-corrected chi connectivity index (χ3v) is 9.46. The number of aromatic nitrogens is 4. The number of nitrogens with one attached hydrogen (secondary N) is 2. The molecule has 0 spiro atoms. The Labute approximate surface area is 312 Å². The first-order valence-electron chi connectivity index (χ1n) is 17.2. The molecular formula is C44H31N5O6.